The van der Waals surface area contributed by atoms with Crippen molar-refractivity contribution in [3.63, 3.8) is 0 Å². The molecule has 2 aromatic carbocycles. The average Bonchev–Trinajstić information content (AvgIpc) is 3.31. The third-order valence-electron chi connectivity index (χ3n) is 6.22. The summed E-state index contributed by atoms with van der Waals surface area (Å²) in [6.45, 7) is 1.95. The van der Waals surface area contributed by atoms with Crippen LogP contribution in [-0.4, -0.2) is 11.1 Å². The second-order valence-corrected chi connectivity index (χ2v) is 7.64. The van der Waals surface area contributed by atoms with Gasteiger partial charge in [0.1, 0.15) is 0 Å². The smallest absolute Gasteiger partial charge is 0.0491 e. The zero-order valence-electron chi connectivity index (χ0n) is 13.6. The molecule has 5 rings (SSSR count). The van der Waals surface area contributed by atoms with Crippen molar-refractivity contribution in [2.45, 2.75) is 44.1 Å². The van der Waals surface area contributed by atoms with Gasteiger partial charge in [-0.2, -0.15) is 0 Å². The van der Waals surface area contributed by atoms with Gasteiger partial charge < -0.3 is 10.3 Å². The van der Waals surface area contributed by atoms with Crippen molar-refractivity contribution in [3.8, 4) is 0 Å². The summed E-state index contributed by atoms with van der Waals surface area (Å²) in [4.78, 5) is 0. The van der Waals surface area contributed by atoms with Crippen molar-refractivity contribution in [2.75, 3.05) is 6.54 Å². The highest BCUT2D eigenvalue weighted by Gasteiger charge is 2.37. The predicted molar refractivity (Wildman–Crippen MR) is 96.8 cm³/mol. The Bertz CT molecular complexity index is 876. The zero-order chi connectivity index (χ0) is 15.4. The van der Waals surface area contributed by atoms with E-state index >= 15 is 0 Å². The van der Waals surface area contributed by atoms with Gasteiger partial charge in [-0.25, -0.2) is 0 Å². The lowest BCUT2D eigenvalue weighted by Crippen LogP contribution is -2.41. The summed E-state index contributed by atoms with van der Waals surface area (Å²) in [7, 11) is 0. The Morgan fingerprint density at radius 1 is 1.00 bits per heavy atom. The van der Waals surface area contributed by atoms with Gasteiger partial charge in [-0.1, -0.05) is 30.7 Å². The maximum atomic E-state index is 6.13. The fraction of sp³-hybridized carbons (Fsp3) is 0.429. The van der Waals surface area contributed by atoms with Crippen LogP contribution < -0.4 is 5.73 Å². The van der Waals surface area contributed by atoms with Crippen LogP contribution in [-0.2, 0) is 12.0 Å². The van der Waals surface area contributed by atoms with Crippen molar-refractivity contribution in [1.29, 1.82) is 0 Å². The summed E-state index contributed by atoms with van der Waals surface area (Å²) in [5, 5.41) is 2.81. The first-order chi connectivity index (χ1) is 11.3. The molecule has 0 atom stereocenters. The quantitative estimate of drug-likeness (QED) is 0.751. The van der Waals surface area contributed by atoms with Crippen LogP contribution in [0.4, 0.5) is 0 Å². The fourth-order valence-electron chi connectivity index (χ4n) is 4.35. The Labute approximate surface area is 137 Å². The van der Waals surface area contributed by atoms with Crippen molar-refractivity contribution >= 4 is 21.8 Å². The van der Waals surface area contributed by atoms with Crippen LogP contribution in [0.2, 0.25) is 0 Å². The van der Waals surface area contributed by atoms with Crippen molar-refractivity contribution in [1.82, 2.24) is 4.57 Å². The van der Waals surface area contributed by atoms with E-state index in [2.05, 4.69) is 47.0 Å². The van der Waals surface area contributed by atoms with Crippen LogP contribution in [0.3, 0.4) is 0 Å². The van der Waals surface area contributed by atoms with Gasteiger partial charge in [0.2, 0.25) is 0 Å². The second-order valence-electron chi connectivity index (χ2n) is 7.64. The van der Waals surface area contributed by atoms with E-state index in [1.807, 2.05) is 0 Å². The van der Waals surface area contributed by atoms with E-state index in [0.717, 1.165) is 12.5 Å². The standard InChI is InChI=1S/C21H24N2/c22-14-21(10-3-11-21)16-8-9-20-18(12-16)17-4-1-2-5-19(17)23(20)13-15-6-7-15/h1-2,4-5,8-9,12,15H,3,6-7,10-11,13-14,22H2. The van der Waals surface area contributed by atoms with Crippen molar-refractivity contribution < 1.29 is 0 Å². The molecule has 0 amide bonds. The Kier molecular flexibility index (Phi) is 2.87. The van der Waals surface area contributed by atoms with Crippen LogP contribution in [0.25, 0.3) is 21.8 Å². The van der Waals surface area contributed by atoms with E-state index < -0.39 is 0 Å². The molecule has 2 fully saturated rings. The average molecular weight is 304 g/mol. The molecule has 0 spiro atoms. The number of hydrogen-bond acceptors (Lipinski definition) is 1. The largest absolute Gasteiger partial charge is 0.340 e. The third kappa shape index (κ3) is 1.98. The summed E-state index contributed by atoms with van der Waals surface area (Å²) in [5.74, 6) is 0.885. The molecule has 23 heavy (non-hydrogen) atoms. The van der Waals surface area contributed by atoms with Gasteiger partial charge in [0.05, 0.1) is 0 Å². The summed E-state index contributed by atoms with van der Waals surface area (Å²) < 4.78 is 2.54. The first kappa shape index (κ1) is 13.6. The number of nitrogens with zero attached hydrogens (tertiary/aromatic N) is 1. The molecule has 118 valence electrons. The Morgan fingerprint density at radius 2 is 1.78 bits per heavy atom. The second kappa shape index (κ2) is 4.85. The molecular weight excluding hydrogens is 280 g/mol. The van der Waals surface area contributed by atoms with E-state index in [4.69, 9.17) is 5.73 Å². The molecule has 2 saturated carbocycles. The monoisotopic (exact) mass is 304 g/mol. The molecule has 2 heteroatoms. The summed E-state index contributed by atoms with van der Waals surface area (Å²) >= 11 is 0. The minimum atomic E-state index is 0.244. The molecule has 1 heterocycles. The van der Waals surface area contributed by atoms with E-state index in [9.17, 15) is 0 Å². The third-order valence-corrected chi connectivity index (χ3v) is 6.22. The SMILES string of the molecule is NCC1(c2ccc3c(c2)c2ccccc2n3CC2CC2)CCC1. The summed E-state index contributed by atoms with van der Waals surface area (Å²) in [6, 6.07) is 16.0. The number of fused-ring (bicyclic) bond motifs is 3. The van der Waals surface area contributed by atoms with Crippen LogP contribution in [0, 0.1) is 5.92 Å². The van der Waals surface area contributed by atoms with E-state index in [0.29, 0.717) is 0 Å². The van der Waals surface area contributed by atoms with Gasteiger partial charge in [0.25, 0.3) is 0 Å². The van der Waals surface area contributed by atoms with Crippen LogP contribution in [0.15, 0.2) is 42.5 Å². The number of benzene rings is 2. The van der Waals surface area contributed by atoms with Gasteiger partial charge in [-0.05, 0) is 55.4 Å². The maximum Gasteiger partial charge on any atom is 0.0491 e. The number of para-hydroxylation sites is 1. The topological polar surface area (TPSA) is 30.9 Å². The molecule has 2 N–H and O–H groups in total. The Balaban J connectivity index is 1.74. The van der Waals surface area contributed by atoms with E-state index in [-0.39, 0.29) is 5.41 Å². The first-order valence-corrected chi connectivity index (χ1v) is 9.02. The number of rotatable bonds is 4. The van der Waals surface area contributed by atoms with E-state index in [1.54, 1.807) is 0 Å². The number of nitrogens with two attached hydrogens (primary N) is 1. The van der Waals surface area contributed by atoms with Crippen molar-refractivity contribution in [2.24, 2.45) is 11.7 Å². The van der Waals surface area contributed by atoms with Gasteiger partial charge >= 0.3 is 0 Å². The molecule has 1 aromatic heterocycles. The molecule has 2 nitrogen and oxygen atoms in total. The van der Waals surface area contributed by atoms with Gasteiger partial charge in [-0.15, -0.1) is 0 Å². The van der Waals surface area contributed by atoms with Gasteiger partial charge in [-0.3, -0.25) is 0 Å². The molecule has 0 bridgehead atoms. The molecule has 2 aliphatic rings. The predicted octanol–water partition coefficient (Wildman–Crippen LogP) is 4.58. The minimum absolute atomic E-state index is 0.244. The normalized spacial score (nSPS) is 20.0. The number of hydrogen-bond donors (Lipinski definition) is 1. The van der Waals surface area contributed by atoms with E-state index in [1.165, 1.54) is 66.0 Å². The van der Waals surface area contributed by atoms with Gasteiger partial charge in [0, 0.05) is 40.3 Å². The molecule has 3 aromatic rings. The summed E-state index contributed by atoms with van der Waals surface area (Å²) in [6.07, 6.45) is 6.59. The van der Waals surface area contributed by atoms with Crippen LogP contribution in [0.5, 0.6) is 0 Å². The Hall–Kier alpha value is -1.80. The molecule has 0 saturated heterocycles. The molecule has 0 radical (unpaired) electrons. The fourth-order valence-corrected chi connectivity index (χ4v) is 4.35. The van der Waals surface area contributed by atoms with Gasteiger partial charge in [0.15, 0.2) is 0 Å². The molecule has 2 aliphatic carbocycles. The zero-order valence-corrected chi connectivity index (χ0v) is 13.6. The lowest BCUT2D eigenvalue weighted by atomic mass is 9.64. The molecule has 0 unspecified atom stereocenters. The van der Waals surface area contributed by atoms with Crippen molar-refractivity contribution in [3.05, 3.63) is 48.0 Å². The highest BCUT2D eigenvalue weighted by molar-refractivity contribution is 6.08. The highest BCUT2D eigenvalue weighted by atomic mass is 15.0. The van der Waals surface area contributed by atoms with Crippen LogP contribution in [0.1, 0.15) is 37.7 Å². The first-order valence-electron chi connectivity index (χ1n) is 9.02. The lowest BCUT2D eigenvalue weighted by molar-refractivity contribution is 0.253. The Morgan fingerprint density at radius 3 is 2.48 bits per heavy atom. The minimum Gasteiger partial charge on any atom is -0.340 e. The van der Waals surface area contributed by atoms with Crippen LogP contribution >= 0.6 is 0 Å². The highest BCUT2D eigenvalue weighted by Crippen LogP contribution is 2.44. The molecular formula is C21H24N2. The maximum absolute atomic E-state index is 6.13. The lowest BCUT2D eigenvalue weighted by Gasteiger charge is -2.41. The molecule has 0 aliphatic heterocycles. The summed E-state index contributed by atoms with van der Waals surface area (Å²) in [5.41, 5.74) is 10.6. The number of aromatic nitrogens is 1.